The number of rotatable bonds is 7. The molecule has 2 aromatic carbocycles. The van der Waals surface area contributed by atoms with Crippen LogP contribution in [-0.4, -0.2) is 30.2 Å². The highest BCUT2D eigenvalue weighted by atomic mass is 16.5. The van der Waals surface area contributed by atoms with E-state index in [2.05, 4.69) is 20.4 Å². The van der Waals surface area contributed by atoms with Gasteiger partial charge in [-0.1, -0.05) is 67.0 Å². The summed E-state index contributed by atoms with van der Waals surface area (Å²) in [5.41, 5.74) is 3.59. The fraction of sp³-hybridized carbons (Fsp3) is 0.269. The summed E-state index contributed by atoms with van der Waals surface area (Å²) in [4.78, 5) is 35.4. The van der Waals surface area contributed by atoms with Crippen molar-refractivity contribution >= 4 is 27.8 Å². The van der Waals surface area contributed by atoms with Gasteiger partial charge in [-0.05, 0) is 18.6 Å². The van der Waals surface area contributed by atoms with Crippen LogP contribution in [0.15, 0.2) is 64.2 Å². The lowest BCUT2D eigenvalue weighted by atomic mass is 10.1. The molecule has 0 atom stereocenters. The van der Waals surface area contributed by atoms with E-state index in [1.54, 1.807) is 4.57 Å². The number of carbonyl (C=O) groups excluding carboxylic acids is 1. The Bertz CT molecular complexity index is 1580. The monoisotopic (exact) mass is 470 g/mol. The van der Waals surface area contributed by atoms with Gasteiger partial charge in [-0.2, -0.15) is 4.98 Å². The van der Waals surface area contributed by atoms with Gasteiger partial charge in [-0.15, -0.1) is 0 Å². The zero-order valence-corrected chi connectivity index (χ0v) is 19.9. The summed E-state index contributed by atoms with van der Waals surface area (Å²) >= 11 is 0. The van der Waals surface area contributed by atoms with Gasteiger partial charge in [-0.25, -0.2) is 4.98 Å². The van der Waals surface area contributed by atoms with Crippen molar-refractivity contribution in [2.45, 2.75) is 46.3 Å². The van der Waals surface area contributed by atoms with E-state index in [1.807, 2.05) is 69.3 Å². The highest BCUT2D eigenvalue weighted by Crippen LogP contribution is 2.25. The summed E-state index contributed by atoms with van der Waals surface area (Å²) in [7, 11) is 0. The molecule has 0 bridgehead atoms. The van der Waals surface area contributed by atoms with Crippen LogP contribution in [0.4, 0.5) is 0 Å². The lowest BCUT2D eigenvalue weighted by Gasteiger charge is -2.09. The average molecular weight is 471 g/mol. The summed E-state index contributed by atoms with van der Waals surface area (Å²) in [6.07, 6.45) is 1.48. The minimum atomic E-state index is -0.276. The van der Waals surface area contributed by atoms with Crippen molar-refractivity contribution in [2.24, 2.45) is 0 Å². The molecule has 0 saturated carbocycles. The fourth-order valence-corrected chi connectivity index (χ4v) is 4.04. The highest BCUT2D eigenvalue weighted by Gasteiger charge is 2.19. The summed E-state index contributed by atoms with van der Waals surface area (Å²) in [6.45, 7) is 6.46. The largest absolute Gasteiger partial charge is 0.350 e. The van der Waals surface area contributed by atoms with Crippen molar-refractivity contribution in [1.82, 2.24) is 29.6 Å². The summed E-state index contributed by atoms with van der Waals surface area (Å²) < 4.78 is 8.47. The first kappa shape index (κ1) is 22.5. The van der Waals surface area contributed by atoms with Crippen LogP contribution in [0.3, 0.4) is 0 Å². The molecule has 5 aromatic rings. The third-order valence-corrected chi connectivity index (χ3v) is 5.95. The Balaban J connectivity index is 1.48. The first-order valence-electron chi connectivity index (χ1n) is 11.5. The number of amides is 1. The Hall–Kier alpha value is -4.27. The molecule has 1 amide bonds. The fourth-order valence-electron chi connectivity index (χ4n) is 4.04. The predicted octanol–water partition coefficient (Wildman–Crippen LogP) is 3.53. The van der Waals surface area contributed by atoms with Crippen LogP contribution in [0.1, 0.15) is 42.6 Å². The van der Waals surface area contributed by atoms with E-state index < -0.39 is 0 Å². The number of hydrogen-bond acceptors (Lipinski definition) is 6. The molecule has 1 N–H and O–H groups in total. The lowest BCUT2D eigenvalue weighted by Crippen LogP contribution is -2.29. The van der Waals surface area contributed by atoms with Gasteiger partial charge in [0, 0.05) is 17.8 Å². The number of nitrogens with zero attached hydrogens (tertiary/aromatic N) is 5. The van der Waals surface area contributed by atoms with Crippen molar-refractivity contribution in [1.29, 1.82) is 0 Å². The van der Waals surface area contributed by atoms with Gasteiger partial charge in [0.05, 0.1) is 11.8 Å². The average Bonchev–Trinajstić information content (AvgIpc) is 3.44. The number of aryl methyl sites for hydroxylation is 1. The van der Waals surface area contributed by atoms with Crippen molar-refractivity contribution < 1.29 is 9.32 Å². The van der Waals surface area contributed by atoms with E-state index in [0.717, 1.165) is 22.0 Å². The maximum atomic E-state index is 13.5. The highest BCUT2D eigenvalue weighted by molar-refractivity contribution is 6.06. The van der Waals surface area contributed by atoms with Crippen molar-refractivity contribution in [3.05, 3.63) is 88.1 Å². The van der Waals surface area contributed by atoms with Crippen LogP contribution < -0.4 is 10.9 Å². The van der Waals surface area contributed by atoms with Gasteiger partial charge in [0.15, 0.2) is 5.82 Å². The van der Waals surface area contributed by atoms with Crippen molar-refractivity contribution in [3.8, 4) is 0 Å². The smallest absolute Gasteiger partial charge is 0.278 e. The zero-order chi connectivity index (χ0) is 24.5. The van der Waals surface area contributed by atoms with Gasteiger partial charge in [-0.3, -0.25) is 14.2 Å². The second-order valence-electron chi connectivity index (χ2n) is 8.94. The van der Waals surface area contributed by atoms with Gasteiger partial charge < -0.3 is 14.4 Å². The predicted molar refractivity (Wildman–Crippen MR) is 132 cm³/mol. The van der Waals surface area contributed by atoms with E-state index in [9.17, 15) is 9.59 Å². The first-order chi connectivity index (χ1) is 16.9. The van der Waals surface area contributed by atoms with Crippen LogP contribution in [0.2, 0.25) is 0 Å². The summed E-state index contributed by atoms with van der Waals surface area (Å²) in [6, 6.07) is 15.6. The van der Waals surface area contributed by atoms with E-state index in [4.69, 9.17) is 4.52 Å². The number of nitrogens with one attached hydrogen (secondary N) is 1. The molecule has 178 valence electrons. The molecule has 0 saturated heterocycles. The minimum Gasteiger partial charge on any atom is -0.350 e. The second kappa shape index (κ2) is 9.17. The molecule has 0 aliphatic carbocycles. The van der Waals surface area contributed by atoms with Crippen LogP contribution >= 0.6 is 0 Å². The molecule has 3 heterocycles. The molecule has 0 spiro atoms. The summed E-state index contributed by atoms with van der Waals surface area (Å²) in [5.74, 6) is 0.837. The maximum absolute atomic E-state index is 13.5. The molecule has 0 radical (unpaired) electrons. The number of fused-ring (bicyclic) bond motifs is 3. The molecular formula is C26H26N6O3. The van der Waals surface area contributed by atoms with E-state index in [0.29, 0.717) is 29.3 Å². The van der Waals surface area contributed by atoms with Crippen molar-refractivity contribution in [2.75, 3.05) is 0 Å². The molecule has 0 aliphatic heterocycles. The molecular weight excluding hydrogens is 444 g/mol. The third kappa shape index (κ3) is 4.44. The van der Waals surface area contributed by atoms with E-state index in [1.165, 1.54) is 10.9 Å². The van der Waals surface area contributed by atoms with Crippen LogP contribution in [0, 0.1) is 6.92 Å². The molecule has 9 nitrogen and oxygen atoms in total. The number of hydrogen-bond donors (Lipinski definition) is 1. The Morgan fingerprint density at radius 2 is 1.89 bits per heavy atom. The zero-order valence-electron chi connectivity index (χ0n) is 19.9. The molecule has 9 heteroatoms. The molecule has 35 heavy (non-hydrogen) atoms. The first-order valence-corrected chi connectivity index (χ1v) is 11.5. The van der Waals surface area contributed by atoms with Gasteiger partial charge >= 0.3 is 0 Å². The number of benzene rings is 2. The Labute approximate surface area is 201 Å². The normalized spacial score (nSPS) is 11.5. The van der Waals surface area contributed by atoms with Crippen molar-refractivity contribution in [3.63, 3.8) is 0 Å². The standard InChI is InChI=1S/C26H26N6O3/c1-16(2)25-29-22(35-30-25)14-31-15-28-23-19-6-4-5-7-20(19)32(24(23)26(31)34)13-21(33)27-12-18-10-8-17(3)9-11-18/h4-11,15-16H,12-14H2,1-3H3,(H,27,33). The molecule has 0 fully saturated rings. The topological polar surface area (TPSA) is 108 Å². The van der Waals surface area contributed by atoms with Crippen LogP contribution in [0.25, 0.3) is 21.9 Å². The number of aromatic nitrogens is 5. The van der Waals surface area contributed by atoms with Gasteiger partial charge in [0.1, 0.15) is 24.1 Å². The number of para-hydroxylation sites is 1. The Morgan fingerprint density at radius 1 is 1.11 bits per heavy atom. The van der Waals surface area contributed by atoms with E-state index >= 15 is 0 Å². The van der Waals surface area contributed by atoms with Crippen LogP contribution in [-0.2, 0) is 24.4 Å². The molecule has 3 aromatic heterocycles. The minimum absolute atomic E-state index is 0.00510. The number of carbonyl (C=O) groups is 1. The quantitative estimate of drug-likeness (QED) is 0.390. The van der Waals surface area contributed by atoms with E-state index in [-0.39, 0.29) is 30.5 Å². The molecule has 5 rings (SSSR count). The second-order valence-corrected chi connectivity index (χ2v) is 8.94. The Kier molecular flexibility index (Phi) is 5.90. The lowest BCUT2D eigenvalue weighted by molar-refractivity contribution is -0.121. The Morgan fingerprint density at radius 3 is 2.63 bits per heavy atom. The van der Waals surface area contributed by atoms with Gasteiger partial charge in [0.2, 0.25) is 11.8 Å². The SMILES string of the molecule is Cc1ccc(CNC(=O)Cn2c3ccccc3c3ncn(Cc4nc(C(C)C)no4)c(=O)c32)cc1. The van der Waals surface area contributed by atoms with Crippen LogP contribution in [0.5, 0.6) is 0 Å². The molecule has 0 unspecified atom stereocenters. The maximum Gasteiger partial charge on any atom is 0.278 e. The third-order valence-electron chi connectivity index (χ3n) is 5.95. The summed E-state index contributed by atoms with van der Waals surface area (Å²) in [5, 5.41) is 7.73. The van der Waals surface area contributed by atoms with Gasteiger partial charge in [0.25, 0.3) is 5.56 Å². The molecule has 0 aliphatic rings.